The molecule has 0 aromatic heterocycles. The van der Waals surface area contributed by atoms with Gasteiger partial charge in [0.2, 0.25) is 0 Å². The molecule has 0 spiro atoms. The molecule has 0 aromatic carbocycles. The van der Waals surface area contributed by atoms with E-state index in [0.717, 1.165) is 18.4 Å². The molecule has 0 aliphatic heterocycles. The van der Waals surface area contributed by atoms with Crippen LogP contribution in [0.1, 0.15) is 40.5 Å². The lowest BCUT2D eigenvalue weighted by molar-refractivity contribution is -0.136. The van der Waals surface area contributed by atoms with Crippen LogP contribution in [0.3, 0.4) is 0 Å². The van der Waals surface area contributed by atoms with E-state index in [2.05, 4.69) is 19.9 Å². The molecule has 17 heavy (non-hydrogen) atoms. The summed E-state index contributed by atoms with van der Waals surface area (Å²) in [5, 5.41) is 0. The highest BCUT2D eigenvalue weighted by atomic mass is 16.5. The van der Waals surface area contributed by atoms with Gasteiger partial charge in [-0.1, -0.05) is 11.6 Å². The van der Waals surface area contributed by atoms with E-state index in [0.29, 0.717) is 5.76 Å². The zero-order chi connectivity index (χ0) is 13.3. The number of ether oxygens (including phenoxy) is 2. The minimum Gasteiger partial charge on any atom is -0.504 e. The van der Waals surface area contributed by atoms with Crippen LogP contribution >= 0.6 is 0 Å². The molecule has 0 aliphatic carbocycles. The number of allylic oxidation sites excluding steroid dienone is 4. The molecule has 0 rings (SSSR count). The summed E-state index contributed by atoms with van der Waals surface area (Å²) in [7, 11) is 1.56. The molecule has 0 unspecified atom stereocenters. The lowest BCUT2D eigenvalue weighted by Gasteiger charge is -2.07. The molecule has 0 fully saturated rings. The maximum Gasteiger partial charge on any atom is 0.308 e. The van der Waals surface area contributed by atoms with Crippen molar-refractivity contribution in [2.24, 2.45) is 0 Å². The van der Waals surface area contributed by atoms with Gasteiger partial charge in [0.25, 0.3) is 0 Å². The van der Waals surface area contributed by atoms with Gasteiger partial charge in [-0.25, -0.2) is 0 Å². The maximum atomic E-state index is 11.0. The molecule has 0 aliphatic rings. The number of esters is 1. The second-order valence-electron chi connectivity index (χ2n) is 4.10. The third-order valence-corrected chi connectivity index (χ3v) is 2.10. The number of rotatable bonds is 6. The minimum absolute atomic E-state index is 0.317. The normalized spacial score (nSPS) is 12.1. The third kappa shape index (κ3) is 8.31. The average Bonchev–Trinajstić information content (AvgIpc) is 2.22. The van der Waals surface area contributed by atoms with Gasteiger partial charge in [0.1, 0.15) is 5.76 Å². The Labute approximate surface area is 104 Å². The number of methoxy groups -OCH3 is 1. The smallest absolute Gasteiger partial charge is 0.308 e. The first kappa shape index (κ1) is 15.5. The first-order valence-corrected chi connectivity index (χ1v) is 5.68. The quantitative estimate of drug-likeness (QED) is 0.306. The lowest BCUT2D eigenvalue weighted by Crippen LogP contribution is -1.99. The van der Waals surface area contributed by atoms with Gasteiger partial charge >= 0.3 is 5.97 Å². The van der Waals surface area contributed by atoms with Gasteiger partial charge in [-0.05, 0) is 39.2 Å². The molecule has 0 heterocycles. The first-order valence-electron chi connectivity index (χ1n) is 5.68. The summed E-state index contributed by atoms with van der Waals surface area (Å²) in [6.07, 6.45) is 7.14. The maximum absolute atomic E-state index is 11.0. The topological polar surface area (TPSA) is 35.5 Å². The van der Waals surface area contributed by atoms with Gasteiger partial charge < -0.3 is 9.47 Å². The Morgan fingerprint density at radius 3 is 2.29 bits per heavy atom. The van der Waals surface area contributed by atoms with E-state index in [1.807, 2.05) is 6.92 Å². The molecular weight excluding hydrogens is 216 g/mol. The van der Waals surface area contributed by atoms with Gasteiger partial charge in [0.05, 0.1) is 13.4 Å². The van der Waals surface area contributed by atoms with Crippen molar-refractivity contribution >= 4 is 5.97 Å². The highest BCUT2D eigenvalue weighted by Gasteiger charge is 2.03. The van der Waals surface area contributed by atoms with E-state index in [9.17, 15) is 4.79 Å². The third-order valence-electron chi connectivity index (χ3n) is 2.10. The molecule has 0 aromatic rings. The molecule has 0 N–H and O–H groups in total. The van der Waals surface area contributed by atoms with E-state index in [-0.39, 0.29) is 5.97 Å². The van der Waals surface area contributed by atoms with Crippen LogP contribution in [-0.2, 0) is 14.3 Å². The van der Waals surface area contributed by atoms with Gasteiger partial charge in [0.15, 0.2) is 0 Å². The molecule has 0 saturated carbocycles. The predicted molar refractivity (Wildman–Crippen MR) is 69.3 cm³/mol. The molecule has 0 bridgehead atoms. The Hall–Kier alpha value is -1.51. The summed E-state index contributed by atoms with van der Waals surface area (Å²) in [5.74, 6) is 0.254. The highest BCUT2D eigenvalue weighted by molar-refractivity contribution is 5.67. The Morgan fingerprint density at radius 2 is 1.82 bits per heavy atom. The molecule has 0 atom stereocenters. The summed E-state index contributed by atoms with van der Waals surface area (Å²) in [6.45, 7) is 7.48. The Bertz CT molecular complexity index is 331. The van der Waals surface area contributed by atoms with Crippen LogP contribution in [-0.4, -0.2) is 13.1 Å². The Balaban J connectivity index is 4.65. The largest absolute Gasteiger partial charge is 0.504 e. The molecule has 0 amide bonds. The number of carbonyl (C=O) groups excluding carboxylic acids is 1. The number of carbonyl (C=O) groups is 1. The van der Waals surface area contributed by atoms with Crippen molar-refractivity contribution in [1.82, 2.24) is 0 Å². The summed E-state index contributed by atoms with van der Waals surface area (Å²) in [4.78, 5) is 11.0. The SMILES string of the molecule is CO/C=C\C(OC(C)=O)=C(/C)CCC=C(C)C. The van der Waals surface area contributed by atoms with E-state index < -0.39 is 0 Å². The fraction of sp³-hybridized carbons (Fsp3) is 0.500. The van der Waals surface area contributed by atoms with Crippen LogP contribution in [0.2, 0.25) is 0 Å². The second-order valence-corrected chi connectivity index (χ2v) is 4.10. The van der Waals surface area contributed by atoms with Crippen LogP contribution < -0.4 is 0 Å². The standard InChI is InChI=1S/C14H22O3/c1-11(2)7-6-8-12(3)14(9-10-16-5)17-13(4)15/h7,9-10H,6,8H2,1-5H3/b10-9-,14-12-. The summed E-state index contributed by atoms with van der Waals surface area (Å²) >= 11 is 0. The van der Waals surface area contributed by atoms with Crippen LogP contribution in [0.4, 0.5) is 0 Å². The van der Waals surface area contributed by atoms with Crippen molar-refractivity contribution in [1.29, 1.82) is 0 Å². The highest BCUT2D eigenvalue weighted by Crippen LogP contribution is 2.15. The Morgan fingerprint density at radius 1 is 1.18 bits per heavy atom. The summed E-state index contributed by atoms with van der Waals surface area (Å²) in [5.41, 5.74) is 2.32. The second kappa shape index (κ2) is 8.62. The van der Waals surface area contributed by atoms with Gasteiger partial charge in [0, 0.05) is 13.0 Å². The van der Waals surface area contributed by atoms with Crippen molar-refractivity contribution < 1.29 is 14.3 Å². The fourth-order valence-electron chi connectivity index (χ4n) is 1.25. The van der Waals surface area contributed by atoms with Crippen molar-refractivity contribution in [2.75, 3.05) is 7.11 Å². The van der Waals surface area contributed by atoms with Crippen LogP contribution in [0.15, 0.2) is 35.3 Å². The zero-order valence-corrected chi connectivity index (χ0v) is 11.4. The average molecular weight is 238 g/mol. The molecule has 3 nitrogen and oxygen atoms in total. The molecular formula is C14H22O3. The van der Waals surface area contributed by atoms with Crippen molar-refractivity contribution in [3.8, 4) is 0 Å². The zero-order valence-electron chi connectivity index (χ0n) is 11.4. The fourth-order valence-corrected chi connectivity index (χ4v) is 1.25. The van der Waals surface area contributed by atoms with Crippen LogP contribution in [0.5, 0.6) is 0 Å². The minimum atomic E-state index is -0.317. The first-order chi connectivity index (χ1) is 7.97. The number of hydrogen-bond donors (Lipinski definition) is 0. The van der Waals surface area contributed by atoms with E-state index in [1.54, 1.807) is 13.2 Å². The monoisotopic (exact) mass is 238 g/mol. The molecule has 0 radical (unpaired) electrons. The summed E-state index contributed by atoms with van der Waals surface area (Å²) in [6, 6.07) is 0. The van der Waals surface area contributed by atoms with Crippen molar-refractivity contribution in [2.45, 2.75) is 40.5 Å². The summed E-state index contributed by atoms with van der Waals surface area (Å²) < 4.78 is 9.95. The Kier molecular flexibility index (Phi) is 7.85. The van der Waals surface area contributed by atoms with E-state index >= 15 is 0 Å². The molecule has 96 valence electrons. The van der Waals surface area contributed by atoms with Crippen molar-refractivity contribution in [3.05, 3.63) is 35.3 Å². The lowest BCUT2D eigenvalue weighted by atomic mass is 10.1. The predicted octanol–water partition coefficient (Wildman–Crippen LogP) is 3.73. The van der Waals surface area contributed by atoms with Crippen LogP contribution in [0, 0.1) is 0 Å². The van der Waals surface area contributed by atoms with Gasteiger partial charge in [-0.2, -0.15) is 0 Å². The number of hydrogen-bond acceptors (Lipinski definition) is 3. The van der Waals surface area contributed by atoms with Gasteiger partial charge in [-0.3, -0.25) is 4.79 Å². The van der Waals surface area contributed by atoms with Crippen molar-refractivity contribution in [3.63, 3.8) is 0 Å². The van der Waals surface area contributed by atoms with Gasteiger partial charge in [-0.15, -0.1) is 0 Å². The molecule has 3 heteroatoms. The van der Waals surface area contributed by atoms with Crippen LogP contribution in [0.25, 0.3) is 0 Å². The van der Waals surface area contributed by atoms with E-state index in [1.165, 1.54) is 18.8 Å². The molecule has 0 saturated heterocycles. The van der Waals surface area contributed by atoms with E-state index in [4.69, 9.17) is 9.47 Å².